The molecule has 100 valence electrons. The number of aliphatic hydroxyl groups excluding tert-OH is 3. The first-order chi connectivity index (χ1) is 8.49. The number of nitrogens with one attached hydrogen (secondary N) is 1. The molecular weight excluding hydrogens is 264 g/mol. The Balaban J connectivity index is 3.11. The second-order valence-corrected chi connectivity index (χ2v) is 4.08. The van der Waals surface area contributed by atoms with Crippen molar-refractivity contribution >= 4 is 23.4 Å². The summed E-state index contributed by atoms with van der Waals surface area (Å²) >= 11 is 5.83. The highest BCUT2D eigenvalue weighted by Crippen LogP contribution is 2.26. The van der Waals surface area contributed by atoms with Crippen LogP contribution in [-0.4, -0.2) is 56.7 Å². The van der Waals surface area contributed by atoms with Crippen LogP contribution in [0.4, 0.5) is 5.82 Å². The molecule has 5 N–H and O–H groups in total. The molecule has 1 aromatic heterocycles. The molecule has 0 fully saturated rings. The fourth-order valence-electron chi connectivity index (χ4n) is 1.22. The Hall–Kier alpha value is -1.41. The predicted molar refractivity (Wildman–Crippen MR) is 63.8 cm³/mol. The van der Waals surface area contributed by atoms with Crippen LogP contribution in [0.2, 0.25) is 5.02 Å². The molecule has 0 saturated carbocycles. The Morgan fingerprint density at radius 1 is 1.33 bits per heavy atom. The molecule has 0 spiro atoms. The van der Waals surface area contributed by atoms with Crippen LogP contribution in [0.5, 0.6) is 0 Å². The van der Waals surface area contributed by atoms with Crippen molar-refractivity contribution in [3.05, 3.63) is 22.8 Å². The average Bonchev–Trinajstić information content (AvgIpc) is 2.38. The maximum absolute atomic E-state index is 10.9. The number of anilines is 1. The van der Waals surface area contributed by atoms with E-state index in [-0.39, 0.29) is 16.4 Å². The van der Waals surface area contributed by atoms with Crippen molar-refractivity contribution < 1.29 is 25.2 Å². The Morgan fingerprint density at radius 2 is 1.89 bits per heavy atom. The van der Waals surface area contributed by atoms with Crippen LogP contribution < -0.4 is 5.32 Å². The summed E-state index contributed by atoms with van der Waals surface area (Å²) in [5.74, 6) is -1.26. The van der Waals surface area contributed by atoms with Crippen molar-refractivity contribution in [1.82, 2.24) is 4.98 Å². The van der Waals surface area contributed by atoms with Crippen LogP contribution in [0, 0.1) is 0 Å². The minimum Gasteiger partial charge on any atom is -0.478 e. The van der Waals surface area contributed by atoms with Gasteiger partial charge in [-0.25, -0.2) is 9.78 Å². The first-order valence-corrected chi connectivity index (χ1v) is 5.36. The van der Waals surface area contributed by atoms with Crippen molar-refractivity contribution in [2.45, 2.75) is 5.54 Å². The van der Waals surface area contributed by atoms with Gasteiger partial charge in [0.25, 0.3) is 0 Å². The van der Waals surface area contributed by atoms with Gasteiger partial charge in [-0.05, 0) is 6.07 Å². The molecule has 1 rings (SSSR count). The van der Waals surface area contributed by atoms with Crippen molar-refractivity contribution in [2.75, 3.05) is 25.1 Å². The zero-order chi connectivity index (χ0) is 13.8. The lowest BCUT2D eigenvalue weighted by atomic mass is 10.0. The summed E-state index contributed by atoms with van der Waals surface area (Å²) in [6.07, 6.45) is 1.22. The van der Waals surface area contributed by atoms with Crippen LogP contribution >= 0.6 is 11.6 Å². The van der Waals surface area contributed by atoms with E-state index in [0.29, 0.717) is 0 Å². The molecule has 0 amide bonds. The van der Waals surface area contributed by atoms with Gasteiger partial charge >= 0.3 is 5.97 Å². The van der Waals surface area contributed by atoms with Gasteiger partial charge in [-0.15, -0.1) is 0 Å². The third-order valence-corrected chi connectivity index (χ3v) is 2.79. The summed E-state index contributed by atoms with van der Waals surface area (Å²) in [6.45, 7) is -1.72. The summed E-state index contributed by atoms with van der Waals surface area (Å²) in [5, 5.41) is 38.7. The van der Waals surface area contributed by atoms with Crippen molar-refractivity contribution in [1.29, 1.82) is 0 Å². The molecule has 0 bridgehead atoms. The molecule has 8 heteroatoms. The standard InChI is InChI=1S/C10H13ClN2O5/c11-7-6(9(17)18)1-2-12-8(7)13-10(3-14,4-15)5-16/h1-2,14-16H,3-5H2,(H,12,13)(H,17,18). The van der Waals surface area contributed by atoms with Crippen LogP contribution in [0.1, 0.15) is 10.4 Å². The summed E-state index contributed by atoms with van der Waals surface area (Å²) in [5.41, 5.74) is -1.59. The van der Waals surface area contributed by atoms with Gasteiger partial charge in [0.05, 0.1) is 30.4 Å². The lowest BCUT2D eigenvalue weighted by Gasteiger charge is -2.29. The normalized spacial score (nSPS) is 11.3. The topological polar surface area (TPSA) is 123 Å². The summed E-state index contributed by atoms with van der Waals surface area (Å²) in [6, 6.07) is 1.22. The maximum Gasteiger partial charge on any atom is 0.337 e. The smallest absolute Gasteiger partial charge is 0.337 e. The number of aromatic carboxylic acids is 1. The molecule has 0 unspecified atom stereocenters. The van der Waals surface area contributed by atoms with Crippen LogP contribution in [0.25, 0.3) is 0 Å². The van der Waals surface area contributed by atoms with Gasteiger partial charge in [0, 0.05) is 6.20 Å². The second-order valence-electron chi connectivity index (χ2n) is 3.71. The highest BCUT2D eigenvalue weighted by molar-refractivity contribution is 6.35. The van der Waals surface area contributed by atoms with E-state index in [9.17, 15) is 4.79 Å². The minimum absolute atomic E-state index is 0.0336. The van der Waals surface area contributed by atoms with E-state index in [1.807, 2.05) is 0 Å². The number of halogens is 1. The third-order valence-electron chi connectivity index (χ3n) is 2.41. The number of hydrogen-bond donors (Lipinski definition) is 5. The SMILES string of the molecule is O=C(O)c1ccnc(NC(CO)(CO)CO)c1Cl. The number of carboxylic acids is 1. The highest BCUT2D eigenvalue weighted by Gasteiger charge is 2.29. The average molecular weight is 277 g/mol. The molecule has 0 atom stereocenters. The Bertz CT molecular complexity index is 428. The fourth-order valence-corrected chi connectivity index (χ4v) is 1.46. The first kappa shape index (κ1) is 14.7. The maximum atomic E-state index is 10.9. The second kappa shape index (κ2) is 5.96. The molecule has 0 saturated heterocycles. The van der Waals surface area contributed by atoms with E-state index >= 15 is 0 Å². The van der Waals surface area contributed by atoms with Gasteiger partial charge in [-0.1, -0.05) is 11.6 Å². The molecule has 0 aromatic carbocycles. The molecule has 0 aliphatic rings. The molecule has 0 aliphatic heterocycles. The largest absolute Gasteiger partial charge is 0.478 e. The Morgan fingerprint density at radius 3 is 2.33 bits per heavy atom. The van der Waals surface area contributed by atoms with Crippen LogP contribution in [0.3, 0.4) is 0 Å². The quantitative estimate of drug-likeness (QED) is 0.477. The predicted octanol–water partition coefficient (Wildman–Crippen LogP) is -0.439. The monoisotopic (exact) mass is 276 g/mol. The van der Waals surface area contributed by atoms with Crippen molar-refractivity contribution in [3.8, 4) is 0 Å². The summed E-state index contributed by atoms with van der Waals surface area (Å²) < 4.78 is 0. The zero-order valence-electron chi connectivity index (χ0n) is 9.30. The number of carboxylic acid groups (broad SMARTS) is 1. The fraction of sp³-hybridized carbons (Fsp3) is 0.400. The molecule has 7 nitrogen and oxygen atoms in total. The Kier molecular flexibility index (Phi) is 4.85. The summed E-state index contributed by atoms with van der Waals surface area (Å²) in [4.78, 5) is 14.7. The van der Waals surface area contributed by atoms with Gasteiger partial charge in [0.2, 0.25) is 0 Å². The van der Waals surface area contributed by atoms with Gasteiger partial charge < -0.3 is 25.7 Å². The number of hydrogen-bond acceptors (Lipinski definition) is 6. The van der Waals surface area contributed by atoms with Gasteiger partial charge in [-0.3, -0.25) is 0 Å². The number of pyridine rings is 1. The molecule has 0 radical (unpaired) electrons. The molecule has 0 aliphatic carbocycles. The van der Waals surface area contributed by atoms with Crippen LogP contribution in [0.15, 0.2) is 12.3 Å². The van der Waals surface area contributed by atoms with E-state index in [4.69, 9.17) is 32.0 Å². The number of rotatable bonds is 6. The molecular formula is C10H13ClN2O5. The lowest BCUT2D eigenvalue weighted by molar-refractivity contribution is 0.0697. The lowest BCUT2D eigenvalue weighted by Crippen LogP contribution is -2.49. The number of aromatic nitrogens is 1. The zero-order valence-corrected chi connectivity index (χ0v) is 10.1. The van der Waals surface area contributed by atoms with Gasteiger partial charge in [0.15, 0.2) is 0 Å². The number of carbonyl (C=O) groups is 1. The third kappa shape index (κ3) is 2.88. The number of nitrogens with zero attached hydrogens (tertiary/aromatic N) is 1. The highest BCUT2D eigenvalue weighted by atomic mass is 35.5. The molecule has 1 heterocycles. The van der Waals surface area contributed by atoms with E-state index in [2.05, 4.69) is 10.3 Å². The van der Waals surface area contributed by atoms with E-state index in [0.717, 1.165) is 0 Å². The minimum atomic E-state index is -1.42. The molecule has 18 heavy (non-hydrogen) atoms. The first-order valence-electron chi connectivity index (χ1n) is 4.98. The molecule has 1 aromatic rings. The van der Waals surface area contributed by atoms with E-state index in [1.165, 1.54) is 12.3 Å². The van der Waals surface area contributed by atoms with Crippen molar-refractivity contribution in [2.24, 2.45) is 0 Å². The van der Waals surface area contributed by atoms with Crippen LogP contribution in [-0.2, 0) is 0 Å². The number of aliphatic hydroxyl groups is 3. The van der Waals surface area contributed by atoms with E-state index in [1.54, 1.807) is 0 Å². The Labute approximate surface area is 108 Å². The van der Waals surface area contributed by atoms with Gasteiger partial charge in [0.1, 0.15) is 11.4 Å². The van der Waals surface area contributed by atoms with E-state index < -0.39 is 31.3 Å². The van der Waals surface area contributed by atoms with Crippen molar-refractivity contribution in [3.63, 3.8) is 0 Å². The van der Waals surface area contributed by atoms with Gasteiger partial charge in [-0.2, -0.15) is 0 Å². The summed E-state index contributed by atoms with van der Waals surface area (Å²) in [7, 11) is 0.